The third-order valence-corrected chi connectivity index (χ3v) is 3.91. The Bertz CT molecular complexity index is 454. The van der Waals surface area contributed by atoms with Crippen LogP contribution in [0.15, 0.2) is 18.2 Å². The largest absolute Gasteiger partial charge is 0.416 e. The summed E-state index contributed by atoms with van der Waals surface area (Å²) in [4.78, 5) is 0. The third kappa shape index (κ3) is 2.04. The first-order chi connectivity index (χ1) is 7.65. The number of rotatable bonds is 1. The van der Waals surface area contributed by atoms with Crippen LogP contribution < -0.4 is 5.73 Å². The van der Waals surface area contributed by atoms with Gasteiger partial charge in [-0.15, -0.1) is 0 Å². The second kappa shape index (κ2) is 3.62. The molecule has 1 aliphatic carbocycles. The van der Waals surface area contributed by atoms with Gasteiger partial charge in [0.05, 0.1) is 5.56 Å². The molecule has 1 nitrogen and oxygen atoms in total. The fraction of sp³-hybridized carbons (Fsp3) is 0.500. The van der Waals surface area contributed by atoms with Crippen LogP contribution in [0.2, 0.25) is 5.02 Å². The van der Waals surface area contributed by atoms with E-state index in [0.717, 1.165) is 12.1 Å². The van der Waals surface area contributed by atoms with Crippen molar-refractivity contribution in [2.75, 3.05) is 0 Å². The summed E-state index contributed by atoms with van der Waals surface area (Å²) < 4.78 is 37.8. The molecule has 0 spiro atoms. The van der Waals surface area contributed by atoms with Gasteiger partial charge in [-0.05, 0) is 29.2 Å². The topological polar surface area (TPSA) is 26.0 Å². The molecule has 2 atom stereocenters. The van der Waals surface area contributed by atoms with Crippen molar-refractivity contribution in [3.05, 3.63) is 34.3 Å². The number of hydrogen-bond acceptors (Lipinski definition) is 1. The predicted molar refractivity (Wildman–Crippen MR) is 61.0 cm³/mol. The van der Waals surface area contributed by atoms with Crippen molar-refractivity contribution in [3.63, 3.8) is 0 Å². The summed E-state index contributed by atoms with van der Waals surface area (Å²) >= 11 is 5.95. The molecule has 1 aromatic rings. The fourth-order valence-corrected chi connectivity index (χ4v) is 2.47. The Kier molecular flexibility index (Phi) is 2.71. The van der Waals surface area contributed by atoms with Gasteiger partial charge >= 0.3 is 6.18 Å². The second-order valence-corrected chi connectivity index (χ2v) is 5.47. The van der Waals surface area contributed by atoms with Gasteiger partial charge in [-0.3, -0.25) is 0 Å². The van der Waals surface area contributed by atoms with Gasteiger partial charge in [0.1, 0.15) is 0 Å². The zero-order valence-electron chi connectivity index (χ0n) is 9.48. The van der Waals surface area contributed by atoms with Crippen LogP contribution >= 0.6 is 11.6 Å². The van der Waals surface area contributed by atoms with E-state index in [2.05, 4.69) is 0 Å². The third-order valence-electron chi connectivity index (χ3n) is 3.57. The Hall–Kier alpha value is -0.740. The first-order valence-electron chi connectivity index (χ1n) is 5.28. The van der Waals surface area contributed by atoms with E-state index in [-0.39, 0.29) is 17.4 Å². The van der Waals surface area contributed by atoms with E-state index < -0.39 is 11.7 Å². The monoisotopic (exact) mass is 263 g/mol. The fourth-order valence-electron chi connectivity index (χ4n) is 2.23. The molecular weight excluding hydrogens is 251 g/mol. The van der Waals surface area contributed by atoms with Gasteiger partial charge in [0.15, 0.2) is 0 Å². The summed E-state index contributed by atoms with van der Waals surface area (Å²) in [6, 6.07) is 3.26. The molecule has 94 valence electrons. The Balaban J connectivity index is 2.42. The zero-order valence-corrected chi connectivity index (χ0v) is 10.2. The van der Waals surface area contributed by atoms with Crippen LogP contribution in [0.1, 0.15) is 30.9 Å². The summed E-state index contributed by atoms with van der Waals surface area (Å²) in [5.74, 6) is -0.0997. The highest BCUT2D eigenvalue weighted by atomic mass is 35.5. The van der Waals surface area contributed by atoms with Gasteiger partial charge in [0, 0.05) is 17.0 Å². The summed E-state index contributed by atoms with van der Waals surface area (Å²) in [5, 5.41) is 0.351. The maximum absolute atomic E-state index is 12.6. The second-order valence-electron chi connectivity index (χ2n) is 5.06. The van der Waals surface area contributed by atoms with Gasteiger partial charge in [-0.1, -0.05) is 25.4 Å². The lowest BCUT2D eigenvalue weighted by Crippen LogP contribution is -2.07. The molecule has 2 N–H and O–H groups in total. The van der Waals surface area contributed by atoms with Crippen LogP contribution in [-0.4, -0.2) is 6.04 Å². The predicted octanol–water partition coefficient (Wildman–Crippen LogP) is 3.81. The van der Waals surface area contributed by atoms with Gasteiger partial charge in [0.25, 0.3) is 0 Å². The Labute approximate surface area is 103 Å². The highest BCUT2D eigenvalue weighted by Crippen LogP contribution is 2.58. The van der Waals surface area contributed by atoms with Crippen LogP contribution in [0.3, 0.4) is 0 Å². The van der Waals surface area contributed by atoms with E-state index >= 15 is 0 Å². The number of alkyl halides is 3. The summed E-state index contributed by atoms with van der Waals surface area (Å²) in [6.07, 6.45) is -4.34. The van der Waals surface area contributed by atoms with Crippen molar-refractivity contribution in [2.24, 2.45) is 11.1 Å². The maximum Gasteiger partial charge on any atom is 0.416 e. The highest BCUT2D eigenvalue weighted by molar-refractivity contribution is 6.31. The van der Waals surface area contributed by atoms with E-state index in [0.29, 0.717) is 10.6 Å². The van der Waals surface area contributed by atoms with Gasteiger partial charge < -0.3 is 5.73 Å². The van der Waals surface area contributed by atoms with Gasteiger partial charge in [-0.2, -0.15) is 13.2 Å². The van der Waals surface area contributed by atoms with E-state index in [9.17, 15) is 13.2 Å². The average Bonchev–Trinajstić information content (AvgIpc) is 2.66. The summed E-state index contributed by atoms with van der Waals surface area (Å²) in [7, 11) is 0. The SMILES string of the molecule is CC1(C)[C@H](N)[C@H]1c1cc(C(F)(F)F)ccc1Cl. The molecule has 1 aliphatic rings. The molecule has 1 fully saturated rings. The minimum Gasteiger partial charge on any atom is -0.327 e. The minimum absolute atomic E-state index is 0.0997. The summed E-state index contributed by atoms with van der Waals surface area (Å²) in [5.41, 5.74) is 5.50. The van der Waals surface area contributed by atoms with E-state index in [4.69, 9.17) is 17.3 Å². The smallest absolute Gasteiger partial charge is 0.327 e. The molecule has 1 aromatic carbocycles. The quantitative estimate of drug-likeness (QED) is 0.819. The number of hydrogen-bond donors (Lipinski definition) is 1. The Morgan fingerprint density at radius 1 is 1.29 bits per heavy atom. The molecule has 0 heterocycles. The van der Waals surface area contributed by atoms with Crippen LogP contribution in [-0.2, 0) is 6.18 Å². The molecule has 0 amide bonds. The van der Waals surface area contributed by atoms with Crippen molar-refractivity contribution >= 4 is 11.6 Å². The van der Waals surface area contributed by atoms with E-state index in [1.54, 1.807) is 0 Å². The van der Waals surface area contributed by atoms with Gasteiger partial charge in [-0.25, -0.2) is 0 Å². The molecule has 0 saturated heterocycles. The number of benzene rings is 1. The highest BCUT2D eigenvalue weighted by Gasteiger charge is 2.57. The normalized spacial score (nSPS) is 27.0. The average molecular weight is 264 g/mol. The van der Waals surface area contributed by atoms with Crippen LogP contribution in [0, 0.1) is 5.41 Å². The molecular formula is C12H13ClF3N. The standard InChI is InChI=1S/C12H13ClF3N/c1-11(2)9(10(11)17)7-5-6(12(14,15)16)3-4-8(7)13/h3-5,9-10H,17H2,1-2H3/t9-,10-/m1/s1. The molecule has 0 aromatic heterocycles. The Morgan fingerprint density at radius 3 is 2.24 bits per heavy atom. The summed E-state index contributed by atoms with van der Waals surface area (Å²) in [6.45, 7) is 3.86. The van der Waals surface area contributed by atoms with E-state index in [1.165, 1.54) is 6.07 Å². The van der Waals surface area contributed by atoms with E-state index in [1.807, 2.05) is 13.8 Å². The molecule has 0 radical (unpaired) electrons. The molecule has 2 rings (SSSR count). The molecule has 0 unspecified atom stereocenters. The molecule has 1 saturated carbocycles. The maximum atomic E-state index is 12.6. The van der Waals surface area contributed by atoms with Gasteiger partial charge in [0.2, 0.25) is 0 Å². The van der Waals surface area contributed by atoms with Crippen LogP contribution in [0.4, 0.5) is 13.2 Å². The molecule has 0 aliphatic heterocycles. The lowest BCUT2D eigenvalue weighted by atomic mass is 10.0. The van der Waals surface area contributed by atoms with Crippen molar-refractivity contribution in [1.29, 1.82) is 0 Å². The Morgan fingerprint density at radius 2 is 1.82 bits per heavy atom. The van der Waals surface area contributed by atoms with Crippen molar-refractivity contribution in [1.82, 2.24) is 0 Å². The lowest BCUT2D eigenvalue weighted by molar-refractivity contribution is -0.137. The first kappa shape index (κ1) is 12.7. The van der Waals surface area contributed by atoms with Crippen molar-refractivity contribution < 1.29 is 13.2 Å². The minimum atomic E-state index is -4.34. The lowest BCUT2D eigenvalue weighted by Gasteiger charge is -2.11. The van der Waals surface area contributed by atoms with Crippen LogP contribution in [0.25, 0.3) is 0 Å². The zero-order chi connectivity index (χ0) is 13.0. The molecule has 17 heavy (non-hydrogen) atoms. The van der Waals surface area contributed by atoms with Crippen molar-refractivity contribution in [3.8, 4) is 0 Å². The number of nitrogens with two attached hydrogens (primary N) is 1. The molecule has 5 heteroatoms. The molecule has 0 bridgehead atoms. The number of halogens is 4. The first-order valence-corrected chi connectivity index (χ1v) is 5.65. The van der Waals surface area contributed by atoms with Crippen LogP contribution in [0.5, 0.6) is 0 Å². The van der Waals surface area contributed by atoms with Crippen molar-refractivity contribution in [2.45, 2.75) is 32.0 Å².